The molecule has 0 aliphatic carbocycles. The molecule has 0 saturated heterocycles. The standard InChI is InChI=1S/C14H23NO/c1-4-10-14(3,16)11-15-12(2)13-8-6-5-7-9-13/h5-9,12,15-16H,4,10-11H2,1-3H3. The van der Waals surface area contributed by atoms with Gasteiger partial charge < -0.3 is 10.4 Å². The van der Waals surface area contributed by atoms with Crippen LogP contribution in [0.2, 0.25) is 0 Å². The third-order valence-corrected chi connectivity index (χ3v) is 2.88. The lowest BCUT2D eigenvalue weighted by molar-refractivity contribution is 0.0477. The maximum atomic E-state index is 10.0. The van der Waals surface area contributed by atoms with Crippen LogP contribution in [0.25, 0.3) is 0 Å². The van der Waals surface area contributed by atoms with Gasteiger partial charge in [-0.05, 0) is 25.8 Å². The molecule has 2 unspecified atom stereocenters. The van der Waals surface area contributed by atoms with Crippen LogP contribution in [0.3, 0.4) is 0 Å². The number of aliphatic hydroxyl groups is 1. The maximum absolute atomic E-state index is 10.0. The van der Waals surface area contributed by atoms with Crippen LogP contribution in [-0.2, 0) is 0 Å². The zero-order chi connectivity index (χ0) is 12.0. The van der Waals surface area contributed by atoms with E-state index < -0.39 is 5.60 Å². The van der Waals surface area contributed by atoms with Crippen molar-refractivity contribution in [3.63, 3.8) is 0 Å². The first-order valence-corrected chi connectivity index (χ1v) is 6.06. The van der Waals surface area contributed by atoms with Crippen molar-refractivity contribution in [2.75, 3.05) is 6.54 Å². The molecule has 0 bridgehead atoms. The minimum atomic E-state index is -0.599. The average molecular weight is 221 g/mol. The van der Waals surface area contributed by atoms with Crippen LogP contribution in [0.15, 0.2) is 30.3 Å². The molecular formula is C14H23NO. The van der Waals surface area contributed by atoms with Crippen molar-refractivity contribution >= 4 is 0 Å². The quantitative estimate of drug-likeness (QED) is 0.774. The lowest BCUT2D eigenvalue weighted by Crippen LogP contribution is -2.38. The average Bonchev–Trinajstić information content (AvgIpc) is 2.27. The lowest BCUT2D eigenvalue weighted by Gasteiger charge is -2.25. The highest BCUT2D eigenvalue weighted by atomic mass is 16.3. The van der Waals surface area contributed by atoms with Crippen molar-refractivity contribution < 1.29 is 5.11 Å². The molecule has 0 saturated carbocycles. The summed E-state index contributed by atoms with van der Waals surface area (Å²) in [5.41, 5.74) is 0.660. The van der Waals surface area contributed by atoms with E-state index in [1.165, 1.54) is 5.56 Å². The van der Waals surface area contributed by atoms with Gasteiger partial charge in [-0.3, -0.25) is 0 Å². The first-order chi connectivity index (χ1) is 7.55. The maximum Gasteiger partial charge on any atom is 0.0743 e. The Labute approximate surface area is 98.7 Å². The van der Waals surface area contributed by atoms with E-state index in [1.54, 1.807) is 0 Å². The van der Waals surface area contributed by atoms with Crippen molar-refractivity contribution in [1.29, 1.82) is 0 Å². The fraction of sp³-hybridized carbons (Fsp3) is 0.571. The summed E-state index contributed by atoms with van der Waals surface area (Å²) in [6, 6.07) is 10.6. The van der Waals surface area contributed by atoms with Crippen LogP contribution in [-0.4, -0.2) is 17.3 Å². The lowest BCUT2D eigenvalue weighted by atomic mass is 9.99. The van der Waals surface area contributed by atoms with Gasteiger partial charge in [-0.15, -0.1) is 0 Å². The highest BCUT2D eigenvalue weighted by Crippen LogP contribution is 2.15. The van der Waals surface area contributed by atoms with Gasteiger partial charge in [-0.1, -0.05) is 43.7 Å². The van der Waals surface area contributed by atoms with Gasteiger partial charge in [0, 0.05) is 12.6 Å². The van der Waals surface area contributed by atoms with Gasteiger partial charge in [0.15, 0.2) is 0 Å². The zero-order valence-corrected chi connectivity index (χ0v) is 10.5. The van der Waals surface area contributed by atoms with Crippen LogP contribution in [0, 0.1) is 0 Å². The van der Waals surface area contributed by atoms with Gasteiger partial charge in [0.25, 0.3) is 0 Å². The Morgan fingerprint density at radius 2 is 1.94 bits per heavy atom. The van der Waals surface area contributed by atoms with Crippen LogP contribution in [0.1, 0.15) is 45.2 Å². The van der Waals surface area contributed by atoms with E-state index >= 15 is 0 Å². The molecule has 2 atom stereocenters. The van der Waals surface area contributed by atoms with E-state index in [2.05, 4.69) is 31.3 Å². The second kappa shape index (κ2) is 6.02. The van der Waals surface area contributed by atoms with Crippen LogP contribution >= 0.6 is 0 Å². The number of rotatable bonds is 6. The van der Waals surface area contributed by atoms with Crippen molar-refractivity contribution in [2.24, 2.45) is 0 Å². The Bertz CT molecular complexity index is 295. The Balaban J connectivity index is 2.44. The van der Waals surface area contributed by atoms with E-state index in [0.29, 0.717) is 6.54 Å². The predicted molar refractivity (Wildman–Crippen MR) is 68.4 cm³/mol. The summed E-state index contributed by atoms with van der Waals surface area (Å²) in [7, 11) is 0. The number of benzene rings is 1. The SMILES string of the molecule is CCCC(C)(O)CNC(C)c1ccccc1. The van der Waals surface area contributed by atoms with E-state index in [0.717, 1.165) is 12.8 Å². The van der Waals surface area contributed by atoms with Crippen molar-refractivity contribution in [1.82, 2.24) is 5.32 Å². The third-order valence-electron chi connectivity index (χ3n) is 2.88. The van der Waals surface area contributed by atoms with E-state index in [9.17, 15) is 5.11 Å². The summed E-state index contributed by atoms with van der Waals surface area (Å²) >= 11 is 0. The fourth-order valence-electron chi connectivity index (χ4n) is 1.86. The molecule has 2 heteroatoms. The minimum Gasteiger partial charge on any atom is -0.389 e. The second-order valence-corrected chi connectivity index (χ2v) is 4.76. The molecule has 0 heterocycles. The van der Waals surface area contributed by atoms with E-state index in [4.69, 9.17) is 0 Å². The highest BCUT2D eigenvalue weighted by molar-refractivity contribution is 5.18. The Kier molecular flexibility index (Phi) is 4.97. The highest BCUT2D eigenvalue weighted by Gasteiger charge is 2.19. The molecule has 0 radical (unpaired) electrons. The molecular weight excluding hydrogens is 198 g/mol. The Morgan fingerprint density at radius 1 is 1.31 bits per heavy atom. The Hall–Kier alpha value is -0.860. The topological polar surface area (TPSA) is 32.3 Å². The van der Waals surface area contributed by atoms with Crippen molar-refractivity contribution in [2.45, 2.75) is 45.3 Å². The Morgan fingerprint density at radius 3 is 2.50 bits per heavy atom. The molecule has 0 spiro atoms. The van der Waals surface area contributed by atoms with Gasteiger partial charge in [0.1, 0.15) is 0 Å². The van der Waals surface area contributed by atoms with Gasteiger partial charge in [0.05, 0.1) is 5.60 Å². The van der Waals surface area contributed by atoms with Crippen molar-refractivity contribution in [3.05, 3.63) is 35.9 Å². The molecule has 0 aliphatic rings. The number of hydrogen-bond donors (Lipinski definition) is 2. The van der Waals surface area contributed by atoms with Gasteiger partial charge in [-0.2, -0.15) is 0 Å². The molecule has 16 heavy (non-hydrogen) atoms. The second-order valence-electron chi connectivity index (χ2n) is 4.76. The van der Waals surface area contributed by atoms with Crippen LogP contribution < -0.4 is 5.32 Å². The van der Waals surface area contributed by atoms with Crippen LogP contribution in [0.4, 0.5) is 0 Å². The molecule has 90 valence electrons. The smallest absolute Gasteiger partial charge is 0.0743 e. The predicted octanol–water partition coefficient (Wildman–Crippen LogP) is 2.89. The minimum absolute atomic E-state index is 0.282. The monoisotopic (exact) mass is 221 g/mol. The molecule has 2 nitrogen and oxygen atoms in total. The summed E-state index contributed by atoms with van der Waals surface area (Å²) in [6.07, 6.45) is 1.84. The first kappa shape index (κ1) is 13.2. The van der Waals surface area contributed by atoms with Gasteiger partial charge in [-0.25, -0.2) is 0 Å². The van der Waals surface area contributed by atoms with E-state index in [1.807, 2.05) is 25.1 Å². The first-order valence-electron chi connectivity index (χ1n) is 6.06. The van der Waals surface area contributed by atoms with E-state index in [-0.39, 0.29) is 6.04 Å². The largest absolute Gasteiger partial charge is 0.389 e. The van der Waals surface area contributed by atoms with Crippen LogP contribution in [0.5, 0.6) is 0 Å². The zero-order valence-electron chi connectivity index (χ0n) is 10.5. The van der Waals surface area contributed by atoms with Gasteiger partial charge in [0.2, 0.25) is 0 Å². The molecule has 0 fully saturated rings. The molecule has 1 aromatic carbocycles. The summed E-state index contributed by atoms with van der Waals surface area (Å²) in [5, 5.41) is 13.4. The number of nitrogens with one attached hydrogen (secondary N) is 1. The summed E-state index contributed by atoms with van der Waals surface area (Å²) in [6.45, 7) is 6.74. The fourth-order valence-corrected chi connectivity index (χ4v) is 1.86. The molecule has 1 rings (SSSR count). The molecule has 0 aliphatic heterocycles. The summed E-state index contributed by atoms with van der Waals surface area (Å²) in [4.78, 5) is 0. The third kappa shape index (κ3) is 4.33. The molecule has 0 aromatic heterocycles. The van der Waals surface area contributed by atoms with Crippen molar-refractivity contribution in [3.8, 4) is 0 Å². The normalized spacial score (nSPS) is 16.8. The number of hydrogen-bond acceptors (Lipinski definition) is 2. The summed E-state index contributed by atoms with van der Waals surface area (Å²) in [5.74, 6) is 0. The summed E-state index contributed by atoms with van der Waals surface area (Å²) < 4.78 is 0. The molecule has 0 amide bonds. The molecule has 1 aromatic rings. The van der Waals surface area contributed by atoms with Gasteiger partial charge >= 0.3 is 0 Å². The molecule has 2 N–H and O–H groups in total.